The number of ether oxygens (including phenoxy) is 1. The quantitative estimate of drug-likeness (QED) is 0.324. The van der Waals surface area contributed by atoms with E-state index in [1.807, 2.05) is 44.2 Å². The Morgan fingerprint density at radius 3 is 2.62 bits per heavy atom. The summed E-state index contributed by atoms with van der Waals surface area (Å²) in [7, 11) is 0. The Labute approximate surface area is 199 Å². The van der Waals surface area contributed by atoms with Gasteiger partial charge in [0.2, 0.25) is 11.0 Å². The first-order valence-corrected chi connectivity index (χ1v) is 12.7. The number of benzene rings is 1. The van der Waals surface area contributed by atoms with E-state index < -0.39 is 5.97 Å². The number of aryl methyl sites for hydroxylation is 1. The van der Waals surface area contributed by atoms with Gasteiger partial charge in [0.15, 0.2) is 9.47 Å². The molecule has 3 rings (SSSR count). The second kappa shape index (κ2) is 11.4. The van der Waals surface area contributed by atoms with Crippen molar-refractivity contribution < 1.29 is 14.3 Å². The van der Waals surface area contributed by atoms with E-state index in [1.165, 1.54) is 34.4 Å². The standard InChI is InChI=1S/C21H25N5O3S3/c1-5-29-18(28)17-14(4)23-20(31-17)26(11-15-9-7-6-8-10-15)16(27)12-30-21-25-24-19(32-21)22-13(2)3/h6-10,13H,5,11-12H2,1-4H3,(H,22,24). The number of thioether (sulfide) groups is 1. The number of amides is 1. The van der Waals surface area contributed by atoms with Gasteiger partial charge in [-0.05, 0) is 33.3 Å². The predicted molar refractivity (Wildman–Crippen MR) is 130 cm³/mol. The van der Waals surface area contributed by atoms with Crippen molar-refractivity contribution in [3.63, 3.8) is 0 Å². The van der Waals surface area contributed by atoms with E-state index >= 15 is 0 Å². The van der Waals surface area contributed by atoms with Gasteiger partial charge in [-0.2, -0.15) is 0 Å². The summed E-state index contributed by atoms with van der Waals surface area (Å²) >= 11 is 3.92. The van der Waals surface area contributed by atoms with Crippen molar-refractivity contribution in [2.24, 2.45) is 0 Å². The topological polar surface area (TPSA) is 97.3 Å². The first kappa shape index (κ1) is 24.1. The van der Waals surface area contributed by atoms with Gasteiger partial charge in [-0.3, -0.25) is 9.69 Å². The molecule has 0 atom stereocenters. The highest BCUT2D eigenvalue weighted by atomic mass is 32.2. The zero-order valence-electron chi connectivity index (χ0n) is 18.3. The molecule has 0 saturated carbocycles. The highest BCUT2D eigenvalue weighted by Gasteiger charge is 2.24. The highest BCUT2D eigenvalue weighted by Crippen LogP contribution is 2.30. The molecule has 0 bridgehead atoms. The summed E-state index contributed by atoms with van der Waals surface area (Å²) in [5, 5.41) is 12.7. The largest absolute Gasteiger partial charge is 0.462 e. The van der Waals surface area contributed by atoms with Gasteiger partial charge >= 0.3 is 5.97 Å². The molecule has 3 aromatic rings. The van der Waals surface area contributed by atoms with Crippen LogP contribution in [0.1, 0.15) is 41.7 Å². The normalized spacial score (nSPS) is 10.9. The van der Waals surface area contributed by atoms with Crippen LogP contribution in [0.4, 0.5) is 10.3 Å². The second-order valence-corrected chi connectivity index (χ2v) is 10.2. The minimum atomic E-state index is -0.422. The Bertz CT molecular complexity index is 1050. The van der Waals surface area contributed by atoms with Crippen molar-refractivity contribution in [2.45, 2.75) is 44.6 Å². The molecule has 2 heterocycles. The van der Waals surface area contributed by atoms with Gasteiger partial charge < -0.3 is 10.1 Å². The van der Waals surface area contributed by atoms with E-state index in [1.54, 1.807) is 18.7 Å². The molecule has 0 spiro atoms. The lowest BCUT2D eigenvalue weighted by Crippen LogP contribution is -2.31. The average Bonchev–Trinajstić information content (AvgIpc) is 3.37. The summed E-state index contributed by atoms with van der Waals surface area (Å²) in [4.78, 5) is 32.0. The smallest absolute Gasteiger partial charge is 0.350 e. The average molecular weight is 492 g/mol. The van der Waals surface area contributed by atoms with Crippen LogP contribution in [0.3, 0.4) is 0 Å². The van der Waals surface area contributed by atoms with Crippen molar-refractivity contribution in [2.75, 3.05) is 22.6 Å². The van der Waals surface area contributed by atoms with Gasteiger partial charge in [-0.15, -0.1) is 10.2 Å². The van der Waals surface area contributed by atoms with Crippen molar-refractivity contribution >= 4 is 56.6 Å². The summed E-state index contributed by atoms with van der Waals surface area (Å²) in [5.41, 5.74) is 1.52. The minimum absolute atomic E-state index is 0.128. The molecule has 0 fully saturated rings. The van der Waals surface area contributed by atoms with Crippen LogP contribution in [0.15, 0.2) is 34.7 Å². The molecule has 0 radical (unpaired) electrons. The Hall–Kier alpha value is -2.50. The van der Waals surface area contributed by atoms with Gasteiger partial charge in [0.25, 0.3) is 0 Å². The number of thiazole rings is 1. The monoisotopic (exact) mass is 491 g/mol. The van der Waals surface area contributed by atoms with Crippen LogP contribution in [0.25, 0.3) is 0 Å². The summed E-state index contributed by atoms with van der Waals surface area (Å²) in [6, 6.07) is 9.94. The van der Waals surface area contributed by atoms with Crippen LogP contribution in [0.2, 0.25) is 0 Å². The maximum atomic E-state index is 13.2. The number of rotatable bonds is 10. The molecule has 0 aliphatic heterocycles. The molecule has 32 heavy (non-hydrogen) atoms. The molecule has 0 aliphatic carbocycles. The third-order valence-corrected chi connectivity index (χ3v) is 7.23. The Morgan fingerprint density at radius 1 is 1.19 bits per heavy atom. The van der Waals surface area contributed by atoms with Gasteiger partial charge in [-0.1, -0.05) is 64.8 Å². The number of aromatic nitrogens is 3. The summed E-state index contributed by atoms with van der Waals surface area (Å²) < 4.78 is 5.83. The molecular weight excluding hydrogens is 466 g/mol. The number of carbonyl (C=O) groups is 2. The second-order valence-electron chi connectivity index (χ2n) is 7.06. The van der Waals surface area contributed by atoms with Crippen LogP contribution in [-0.4, -0.2) is 45.5 Å². The van der Waals surface area contributed by atoms with Gasteiger partial charge in [0.05, 0.1) is 24.6 Å². The molecular formula is C21H25N5O3S3. The van der Waals surface area contributed by atoms with Crippen molar-refractivity contribution in [1.82, 2.24) is 15.2 Å². The van der Waals surface area contributed by atoms with Crippen LogP contribution in [0, 0.1) is 6.92 Å². The fourth-order valence-corrected chi connectivity index (χ4v) is 5.44. The van der Waals surface area contributed by atoms with Crippen molar-refractivity contribution in [3.05, 3.63) is 46.5 Å². The highest BCUT2D eigenvalue weighted by molar-refractivity contribution is 8.01. The number of anilines is 2. The maximum Gasteiger partial charge on any atom is 0.350 e. The SMILES string of the molecule is CCOC(=O)c1sc(N(Cc2ccccc2)C(=O)CSc2nnc(NC(C)C)s2)nc1C. The molecule has 0 aliphatic rings. The number of esters is 1. The predicted octanol–water partition coefficient (Wildman–Crippen LogP) is 4.63. The number of carbonyl (C=O) groups excluding carboxylic acids is 2. The summed E-state index contributed by atoms with van der Waals surface area (Å²) in [6.45, 7) is 8.19. The van der Waals surface area contributed by atoms with E-state index in [2.05, 4.69) is 20.5 Å². The van der Waals surface area contributed by atoms with Crippen LogP contribution < -0.4 is 10.2 Å². The number of nitrogens with zero attached hydrogens (tertiary/aromatic N) is 4. The fraction of sp³-hybridized carbons (Fsp3) is 0.381. The molecule has 170 valence electrons. The maximum absolute atomic E-state index is 13.2. The van der Waals surface area contributed by atoms with E-state index in [-0.39, 0.29) is 24.3 Å². The third kappa shape index (κ3) is 6.50. The molecule has 0 unspecified atom stereocenters. The first-order valence-electron chi connectivity index (χ1n) is 10.1. The summed E-state index contributed by atoms with van der Waals surface area (Å²) in [5.74, 6) is -0.373. The van der Waals surface area contributed by atoms with Crippen molar-refractivity contribution in [1.29, 1.82) is 0 Å². The van der Waals surface area contributed by atoms with E-state index in [4.69, 9.17) is 4.74 Å². The fourth-order valence-electron chi connectivity index (χ4n) is 2.69. The van der Waals surface area contributed by atoms with Crippen molar-refractivity contribution in [3.8, 4) is 0 Å². The first-order chi connectivity index (χ1) is 15.4. The number of hydrogen-bond donors (Lipinski definition) is 1. The molecule has 2 aromatic heterocycles. The molecule has 11 heteroatoms. The molecule has 1 amide bonds. The molecule has 1 aromatic carbocycles. The van der Waals surface area contributed by atoms with Gasteiger partial charge in [-0.25, -0.2) is 9.78 Å². The lowest BCUT2D eigenvalue weighted by molar-refractivity contribution is -0.116. The van der Waals surface area contributed by atoms with Crippen LogP contribution >= 0.6 is 34.4 Å². The Kier molecular flexibility index (Phi) is 8.60. The zero-order valence-corrected chi connectivity index (χ0v) is 20.8. The minimum Gasteiger partial charge on any atom is -0.462 e. The van der Waals surface area contributed by atoms with Gasteiger partial charge in [0.1, 0.15) is 4.88 Å². The van der Waals surface area contributed by atoms with Gasteiger partial charge in [0, 0.05) is 6.04 Å². The Balaban J connectivity index is 1.78. The molecule has 8 nitrogen and oxygen atoms in total. The third-order valence-electron chi connectivity index (χ3n) is 4.10. The zero-order chi connectivity index (χ0) is 23.1. The van der Waals surface area contributed by atoms with E-state index in [0.29, 0.717) is 26.6 Å². The molecule has 0 saturated heterocycles. The number of hydrogen-bond acceptors (Lipinski definition) is 10. The summed E-state index contributed by atoms with van der Waals surface area (Å²) in [6.07, 6.45) is 0. The van der Waals surface area contributed by atoms with Crippen LogP contribution in [0.5, 0.6) is 0 Å². The number of nitrogens with one attached hydrogen (secondary N) is 1. The van der Waals surface area contributed by atoms with E-state index in [0.717, 1.165) is 10.7 Å². The van der Waals surface area contributed by atoms with Crippen LogP contribution in [-0.2, 0) is 16.1 Å². The molecule has 1 N–H and O–H groups in total. The lowest BCUT2D eigenvalue weighted by atomic mass is 10.2. The lowest BCUT2D eigenvalue weighted by Gasteiger charge is -2.19. The Morgan fingerprint density at radius 2 is 1.94 bits per heavy atom. The van der Waals surface area contributed by atoms with E-state index in [9.17, 15) is 9.59 Å².